The lowest BCUT2D eigenvalue weighted by Crippen LogP contribution is -2.34. The van der Waals surface area contributed by atoms with Crippen molar-refractivity contribution in [2.24, 2.45) is 5.92 Å². The molecule has 0 unspecified atom stereocenters. The summed E-state index contributed by atoms with van der Waals surface area (Å²) >= 11 is 6.06. The molecule has 0 aromatic heterocycles. The lowest BCUT2D eigenvalue weighted by molar-refractivity contribution is 0.212. The molecule has 112 valence electrons. The average molecular weight is 302 g/mol. The Kier molecular flexibility index (Phi) is 6.28. The molecule has 0 heterocycles. The van der Waals surface area contributed by atoms with Crippen LogP contribution in [0.15, 0.2) is 60.7 Å². The van der Waals surface area contributed by atoms with E-state index >= 15 is 0 Å². The summed E-state index contributed by atoms with van der Waals surface area (Å²) in [7, 11) is 0. The summed E-state index contributed by atoms with van der Waals surface area (Å²) in [5.74, 6) is 1.27. The Bertz CT molecular complexity index is 470. The van der Waals surface area contributed by atoms with E-state index in [0.717, 1.165) is 13.1 Å². The van der Waals surface area contributed by atoms with E-state index in [9.17, 15) is 0 Å². The Balaban J connectivity index is 2.39. The third kappa shape index (κ3) is 4.59. The Morgan fingerprint density at radius 2 is 1.33 bits per heavy atom. The van der Waals surface area contributed by atoms with Crippen LogP contribution < -0.4 is 0 Å². The van der Waals surface area contributed by atoms with Gasteiger partial charge in [0.15, 0.2) is 0 Å². The van der Waals surface area contributed by atoms with E-state index < -0.39 is 0 Å². The van der Waals surface area contributed by atoms with E-state index in [-0.39, 0.29) is 6.04 Å². The van der Waals surface area contributed by atoms with Gasteiger partial charge in [0.25, 0.3) is 0 Å². The van der Waals surface area contributed by atoms with Gasteiger partial charge in [-0.2, -0.15) is 0 Å². The molecule has 21 heavy (non-hydrogen) atoms. The minimum Gasteiger partial charge on any atom is -0.291 e. The molecule has 0 N–H and O–H groups in total. The maximum absolute atomic E-state index is 6.06. The summed E-state index contributed by atoms with van der Waals surface area (Å²) in [6.45, 7) is 6.46. The van der Waals surface area contributed by atoms with Crippen LogP contribution in [0.3, 0.4) is 0 Å². The van der Waals surface area contributed by atoms with Crippen molar-refractivity contribution in [1.29, 1.82) is 0 Å². The molecule has 0 aliphatic carbocycles. The highest BCUT2D eigenvalue weighted by Crippen LogP contribution is 2.29. The third-order valence-electron chi connectivity index (χ3n) is 3.57. The van der Waals surface area contributed by atoms with Crippen molar-refractivity contribution in [3.63, 3.8) is 0 Å². The van der Waals surface area contributed by atoms with Gasteiger partial charge in [-0.1, -0.05) is 74.5 Å². The highest BCUT2D eigenvalue weighted by Gasteiger charge is 2.22. The first-order chi connectivity index (χ1) is 10.2. The van der Waals surface area contributed by atoms with Crippen LogP contribution in [0.25, 0.3) is 0 Å². The van der Waals surface area contributed by atoms with E-state index in [1.54, 1.807) is 0 Å². The SMILES string of the molecule is CC(C)CN(CCCl)C(c1ccccc1)c1ccccc1. The Morgan fingerprint density at radius 1 is 0.857 bits per heavy atom. The fraction of sp³-hybridized carbons (Fsp3) is 0.368. The second kappa shape index (κ2) is 8.21. The number of alkyl halides is 1. The molecular weight excluding hydrogens is 278 g/mol. The van der Waals surface area contributed by atoms with Crippen molar-refractivity contribution < 1.29 is 0 Å². The number of nitrogens with zero attached hydrogens (tertiary/aromatic N) is 1. The molecular formula is C19H24ClN. The Labute approximate surface area is 133 Å². The predicted molar refractivity (Wildman–Crippen MR) is 91.9 cm³/mol. The zero-order valence-corrected chi connectivity index (χ0v) is 13.6. The first kappa shape index (κ1) is 16.1. The molecule has 2 heteroatoms. The quantitative estimate of drug-likeness (QED) is 0.652. The van der Waals surface area contributed by atoms with Gasteiger partial charge in [-0.25, -0.2) is 0 Å². The van der Waals surface area contributed by atoms with Crippen LogP contribution in [0, 0.1) is 5.92 Å². The zero-order chi connectivity index (χ0) is 15.1. The first-order valence-electron chi connectivity index (χ1n) is 7.62. The molecule has 1 nitrogen and oxygen atoms in total. The fourth-order valence-corrected chi connectivity index (χ4v) is 3.01. The van der Waals surface area contributed by atoms with Crippen LogP contribution in [0.5, 0.6) is 0 Å². The number of rotatable bonds is 7. The number of halogens is 1. The van der Waals surface area contributed by atoms with Gasteiger partial charge in [-0.3, -0.25) is 4.90 Å². The van der Waals surface area contributed by atoms with Crippen LogP contribution >= 0.6 is 11.6 Å². The minimum absolute atomic E-state index is 0.272. The summed E-state index contributed by atoms with van der Waals surface area (Å²) in [6, 6.07) is 21.7. The van der Waals surface area contributed by atoms with Gasteiger partial charge in [0.05, 0.1) is 6.04 Å². The van der Waals surface area contributed by atoms with Gasteiger partial charge >= 0.3 is 0 Å². The second-order valence-corrected chi connectivity index (χ2v) is 6.18. The average Bonchev–Trinajstić information content (AvgIpc) is 2.49. The van der Waals surface area contributed by atoms with E-state index in [1.807, 2.05) is 0 Å². The standard InChI is InChI=1S/C19H24ClN/c1-16(2)15-21(14-13-20)19(17-9-5-3-6-10-17)18-11-7-4-8-12-18/h3-12,16,19H,13-15H2,1-2H3. The topological polar surface area (TPSA) is 3.24 Å². The van der Waals surface area contributed by atoms with Crippen molar-refractivity contribution in [3.05, 3.63) is 71.8 Å². The second-order valence-electron chi connectivity index (χ2n) is 5.80. The summed E-state index contributed by atoms with van der Waals surface area (Å²) in [5.41, 5.74) is 2.66. The highest BCUT2D eigenvalue weighted by atomic mass is 35.5. The van der Waals surface area contributed by atoms with Crippen LogP contribution in [-0.4, -0.2) is 23.9 Å². The molecule has 0 aliphatic heterocycles. The van der Waals surface area contributed by atoms with Gasteiger partial charge < -0.3 is 0 Å². The van der Waals surface area contributed by atoms with Crippen molar-refractivity contribution in [1.82, 2.24) is 4.90 Å². The van der Waals surface area contributed by atoms with E-state index in [0.29, 0.717) is 11.8 Å². The van der Waals surface area contributed by atoms with Gasteiger partial charge in [0, 0.05) is 19.0 Å². The summed E-state index contributed by atoms with van der Waals surface area (Å²) < 4.78 is 0. The fourth-order valence-electron chi connectivity index (χ4n) is 2.79. The third-order valence-corrected chi connectivity index (χ3v) is 3.74. The molecule has 0 saturated heterocycles. The van der Waals surface area contributed by atoms with Crippen molar-refractivity contribution in [2.45, 2.75) is 19.9 Å². The number of benzene rings is 2. The summed E-state index contributed by atoms with van der Waals surface area (Å²) in [5, 5.41) is 0. The largest absolute Gasteiger partial charge is 0.291 e. The molecule has 2 aromatic rings. The molecule has 0 bridgehead atoms. The molecule has 0 saturated carbocycles. The van der Waals surface area contributed by atoms with E-state index in [1.165, 1.54) is 11.1 Å². The van der Waals surface area contributed by atoms with Gasteiger partial charge in [0.2, 0.25) is 0 Å². The maximum Gasteiger partial charge on any atom is 0.0602 e. The van der Waals surface area contributed by atoms with Crippen LogP contribution in [0.4, 0.5) is 0 Å². The zero-order valence-electron chi connectivity index (χ0n) is 12.9. The molecule has 0 atom stereocenters. The first-order valence-corrected chi connectivity index (χ1v) is 8.15. The lowest BCUT2D eigenvalue weighted by atomic mass is 9.96. The highest BCUT2D eigenvalue weighted by molar-refractivity contribution is 6.18. The van der Waals surface area contributed by atoms with Gasteiger partial charge in [0.1, 0.15) is 0 Å². The van der Waals surface area contributed by atoms with Crippen molar-refractivity contribution in [2.75, 3.05) is 19.0 Å². The smallest absolute Gasteiger partial charge is 0.0602 e. The summed E-state index contributed by atoms with van der Waals surface area (Å²) in [6.07, 6.45) is 0. The monoisotopic (exact) mass is 301 g/mol. The minimum atomic E-state index is 0.272. The van der Waals surface area contributed by atoms with E-state index in [2.05, 4.69) is 79.4 Å². The van der Waals surface area contributed by atoms with E-state index in [4.69, 9.17) is 11.6 Å². The van der Waals surface area contributed by atoms with Crippen LogP contribution in [0.2, 0.25) is 0 Å². The molecule has 2 rings (SSSR count). The van der Waals surface area contributed by atoms with Crippen LogP contribution in [0.1, 0.15) is 31.0 Å². The van der Waals surface area contributed by atoms with Gasteiger partial charge in [-0.15, -0.1) is 11.6 Å². The maximum atomic E-state index is 6.06. The number of hydrogen-bond acceptors (Lipinski definition) is 1. The Morgan fingerprint density at radius 3 is 1.71 bits per heavy atom. The van der Waals surface area contributed by atoms with Crippen molar-refractivity contribution in [3.8, 4) is 0 Å². The molecule has 0 aliphatic rings. The number of hydrogen-bond donors (Lipinski definition) is 0. The molecule has 0 spiro atoms. The normalized spacial score (nSPS) is 11.5. The van der Waals surface area contributed by atoms with Crippen molar-refractivity contribution >= 4 is 11.6 Å². The lowest BCUT2D eigenvalue weighted by Gasteiger charge is -2.33. The predicted octanol–water partition coefficient (Wildman–Crippen LogP) is 4.97. The van der Waals surface area contributed by atoms with Gasteiger partial charge in [-0.05, 0) is 17.0 Å². The molecule has 2 aromatic carbocycles. The molecule has 0 fully saturated rings. The molecule has 0 amide bonds. The Hall–Kier alpha value is -1.31. The molecule has 0 radical (unpaired) electrons. The van der Waals surface area contributed by atoms with Crippen LogP contribution in [-0.2, 0) is 0 Å². The summed E-state index contributed by atoms with van der Waals surface area (Å²) in [4.78, 5) is 2.49.